The van der Waals surface area contributed by atoms with Crippen LogP contribution in [0.15, 0.2) is 6.07 Å². The van der Waals surface area contributed by atoms with Crippen molar-refractivity contribution in [2.45, 2.75) is 39.4 Å². The van der Waals surface area contributed by atoms with E-state index >= 15 is 0 Å². The molecular weight excluding hydrogens is 232 g/mol. The number of carbonyl (C=O) groups is 1. The summed E-state index contributed by atoms with van der Waals surface area (Å²) in [5, 5.41) is 14.0. The number of hydrogen-bond donors (Lipinski definition) is 1. The second-order valence-corrected chi connectivity index (χ2v) is 4.99. The molecule has 0 bridgehead atoms. The van der Waals surface area contributed by atoms with Crippen LogP contribution in [0, 0.1) is 0 Å². The summed E-state index contributed by atoms with van der Waals surface area (Å²) in [6, 6.07) is 2.25. The topological polar surface area (TPSA) is 61.6 Å². The summed E-state index contributed by atoms with van der Waals surface area (Å²) in [6.45, 7) is 7.00. The minimum Gasteiger partial charge on any atom is -0.295 e. The highest BCUT2D eigenvalue weighted by atomic mass is 16.5. The molecule has 1 aromatic rings. The Hall–Kier alpha value is -1.40. The summed E-state index contributed by atoms with van der Waals surface area (Å²) in [4.78, 5) is 14.0. The Morgan fingerprint density at radius 2 is 2.22 bits per heavy atom. The summed E-state index contributed by atoms with van der Waals surface area (Å²) < 4.78 is 1.87. The maximum absolute atomic E-state index is 11.7. The van der Waals surface area contributed by atoms with Gasteiger partial charge in [0.1, 0.15) is 0 Å². The molecule has 1 amide bonds. The molecule has 0 atom stereocenters. The van der Waals surface area contributed by atoms with E-state index in [0.29, 0.717) is 16.8 Å². The first kappa shape index (κ1) is 13.0. The maximum atomic E-state index is 11.7. The third-order valence-electron chi connectivity index (χ3n) is 3.29. The van der Waals surface area contributed by atoms with Crippen molar-refractivity contribution < 1.29 is 10.0 Å². The molecule has 1 N–H and O–H groups in total. The van der Waals surface area contributed by atoms with Crippen LogP contribution in [-0.2, 0) is 13.1 Å². The van der Waals surface area contributed by atoms with Gasteiger partial charge in [-0.05, 0) is 26.3 Å². The van der Waals surface area contributed by atoms with Gasteiger partial charge in [0.15, 0.2) is 5.69 Å². The van der Waals surface area contributed by atoms with Gasteiger partial charge in [0.05, 0.1) is 5.69 Å². The SMILES string of the molecule is CC(C)N1CCCn2nc(C(=O)N(C)O)cc2C1. The normalized spacial score (nSPS) is 16.5. The van der Waals surface area contributed by atoms with E-state index in [1.807, 2.05) is 4.68 Å². The van der Waals surface area contributed by atoms with E-state index in [4.69, 9.17) is 5.21 Å². The minimum absolute atomic E-state index is 0.306. The van der Waals surface area contributed by atoms with Gasteiger partial charge in [0.25, 0.3) is 5.91 Å². The van der Waals surface area contributed by atoms with E-state index in [0.717, 1.165) is 31.7 Å². The largest absolute Gasteiger partial charge is 0.297 e. The van der Waals surface area contributed by atoms with Gasteiger partial charge in [0, 0.05) is 32.7 Å². The van der Waals surface area contributed by atoms with Crippen LogP contribution >= 0.6 is 0 Å². The zero-order chi connectivity index (χ0) is 13.3. The number of nitrogens with zero attached hydrogens (tertiary/aromatic N) is 4. The molecule has 18 heavy (non-hydrogen) atoms. The number of carbonyl (C=O) groups excluding carboxylic acids is 1. The van der Waals surface area contributed by atoms with E-state index in [1.54, 1.807) is 6.07 Å². The number of amides is 1. The summed E-state index contributed by atoms with van der Waals surface area (Å²) in [5.74, 6) is -0.466. The lowest BCUT2D eigenvalue weighted by Crippen LogP contribution is -2.30. The Balaban J connectivity index is 2.23. The fourth-order valence-electron chi connectivity index (χ4n) is 2.20. The van der Waals surface area contributed by atoms with Crippen molar-refractivity contribution in [3.8, 4) is 0 Å². The van der Waals surface area contributed by atoms with Crippen LogP contribution in [0.1, 0.15) is 36.5 Å². The lowest BCUT2D eigenvalue weighted by atomic mass is 10.2. The highest BCUT2D eigenvalue weighted by Crippen LogP contribution is 2.16. The number of aryl methyl sites for hydroxylation is 1. The lowest BCUT2D eigenvalue weighted by Gasteiger charge is -2.23. The molecule has 1 aromatic heterocycles. The van der Waals surface area contributed by atoms with Gasteiger partial charge < -0.3 is 0 Å². The zero-order valence-electron chi connectivity index (χ0n) is 11.1. The van der Waals surface area contributed by atoms with Crippen LogP contribution < -0.4 is 0 Å². The van der Waals surface area contributed by atoms with Gasteiger partial charge in [-0.3, -0.25) is 19.6 Å². The summed E-state index contributed by atoms with van der Waals surface area (Å²) >= 11 is 0. The second kappa shape index (κ2) is 5.07. The molecule has 6 heteroatoms. The fourth-order valence-corrected chi connectivity index (χ4v) is 2.20. The monoisotopic (exact) mass is 252 g/mol. The van der Waals surface area contributed by atoms with E-state index in [2.05, 4.69) is 23.8 Å². The molecule has 1 aliphatic rings. The van der Waals surface area contributed by atoms with Crippen molar-refractivity contribution in [3.63, 3.8) is 0 Å². The zero-order valence-corrected chi connectivity index (χ0v) is 11.1. The quantitative estimate of drug-likeness (QED) is 0.629. The Morgan fingerprint density at radius 1 is 1.50 bits per heavy atom. The van der Waals surface area contributed by atoms with Crippen LogP contribution in [0.4, 0.5) is 0 Å². The molecule has 0 fully saturated rings. The van der Waals surface area contributed by atoms with Crippen LogP contribution in [0.5, 0.6) is 0 Å². The number of hydrogen-bond acceptors (Lipinski definition) is 4. The first-order valence-electron chi connectivity index (χ1n) is 6.26. The number of aromatic nitrogens is 2. The maximum Gasteiger partial charge on any atom is 0.297 e. The summed E-state index contributed by atoms with van der Waals surface area (Å²) in [6.07, 6.45) is 1.02. The molecule has 6 nitrogen and oxygen atoms in total. The molecule has 0 aliphatic carbocycles. The molecule has 0 saturated heterocycles. The lowest BCUT2D eigenvalue weighted by molar-refractivity contribution is -0.0380. The molecule has 2 rings (SSSR count). The van der Waals surface area contributed by atoms with Gasteiger partial charge in [-0.1, -0.05) is 0 Å². The molecule has 1 aliphatic heterocycles. The standard InChI is InChI=1S/C12H20N4O2/c1-9(2)15-5-4-6-16-10(8-15)7-11(13-16)12(17)14(3)18/h7,9,18H,4-6,8H2,1-3H3. The molecule has 0 radical (unpaired) electrons. The minimum atomic E-state index is -0.466. The first-order valence-corrected chi connectivity index (χ1v) is 6.26. The fraction of sp³-hybridized carbons (Fsp3) is 0.667. The van der Waals surface area contributed by atoms with Gasteiger partial charge in [0.2, 0.25) is 0 Å². The highest BCUT2D eigenvalue weighted by molar-refractivity contribution is 5.91. The van der Waals surface area contributed by atoms with Crippen molar-refractivity contribution in [1.82, 2.24) is 19.7 Å². The predicted octanol–water partition coefficient (Wildman–Crippen LogP) is 0.958. The van der Waals surface area contributed by atoms with Gasteiger partial charge in [-0.15, -0.1) is 0 Å². The smallest absolute Gasteiger partial charge is 0.295 e. The van der Waals surface area contributed by atoms with Crippen molar-refractivity contribution >= 4 is 5.91 Å². The molecule has 0 saturated carbocycles. The Kier molecular flexibility index (Phi) is 3.68. The van der Waals surface area contributed by atoms with E-state index < -0.39 is 5.91 Å². The second-order valence-electron chi connectivity index (χ2n) is 4.99. The number of hydroxylamine groups is 2. The van der Waals surface area contributed by atoms with Gasteiger partial charge in [-0.2, -0.15) is 5.10 Å². The average molecular weight is 252 g/mol. The van der Waals surface area contributed by atoms with Crippen LogP contribution in [0.3, 0.4) is 0 Å². The van der Waals surface area contributed by atoms with Crippen LogP contribution in [0.25, 0.3) is 0 Å². The molecule has 100 valence electrons. The number of rotatable bonds is 2. The van der Waals surface area contributed by atoms with Gasteiger partial charge >= 0.3 is 0 Å². The van der Waals surface area contributed by atoms with E-state index in [1.165, 1.54) is 7.05 Å². The number of fused-ring (bicyclic) bond motifs is 1. The average Bonchev–Trinajstić information content (AvgIpc) is 2.59. The van der Waals surface area contributed by atoms with E-state index in [-0.39, 0.29) is 0 Å². The first-order chi connectivity index (χ1) is 8.49. The molecule has 0 unspecified atom stereocenters. The third-order valence-corrected chi connectivity index (χ3v) is 3.29. The third kappa shape index (κ3) is 2.54. The van der Waals surface area contributed by atoms with Gasteiger partial charge in [-0.25, -0.2) is 5.06 Å². The van der Waals surface area contributed by atoms with Crippen molar-refractivity contribution in [1.29, 1.82) is 0 Å². The van der Waals surface area contributed by atoms with Crippen LogP contribution in [-0.4, -0.2) is 50.5 Å². The van der Waals surface area contributed by atoms with E-state index in [9.17, 15) is 4.79 Å². The molecule has 0 aromatic carbocycles. The Labute approximate surface area is 107 Å². The van der Waals surface area contributed by atoms with Crippen molar-refractivity contribution in [3.05, 3.63) is 17.5 Å². The van der Waals surface area contributed by atoms with Crippen molar-refractivity contribution in [2.24, 2.45) is 0 Å². The molecule has 0 spiro atoms. The highest BCUT2D eigenvalue weighted by Gasteiger charge is 2.21. The predicted molar refractivity (Wildman–Crippen MR) is 66.3 cm³/mol. The van der Waals surface area contributed by atoms with Crippen LogP contribution in [0.2, 0.25) is 0 Å². The Morgan fingerprint density at radius 3 is 2.83 bits per heavy atom. The summed E-state index contributed by atoms with van der Waals surface area (Å²) in [5.41, 5.74) is 1.34. The summed E-state index contributed by atoms with van der Waals surface area (Å²) in [7, 11) is 1.31. The molecular formula is C12H20N4O2. The molecule has 2 heterocycles. The Bertz CT molecular complexity index is 439. The van der Waals surface area contributed by atoms with Crippen molar-refractivity contribution in [2.75, 3.05) is 13.6 Å².